The summed E-state index contributed by atoms with van der Waals surface area (Å²) in [5.74, 6) is 1.46. The van der Waals surface area contributed by atoms with Gasteiger partial charge < -0.3 is 20.1 Å². The van der Waals surface area contributed by atoms with Gasteiger partial charge >= 0.3 is 0 Å². The first-order chi connectivity index (χ1) is 11.9. The molecule has 9 heteroatoms. The predicted molar refractivity (Wildman–Crippen MR) is 114 cm³/mol. The molecule has 1 aliphatic heterocycles. The van der Waals surface area contributed by atoms with Crippen LogP contribution in [-0.4, -0.2) is 59.3 Å². The van der Waals surface area contributed by atoms with E-state index in [9.17, 15) is 8.42 Å². The predicted octanol–water partition coefficient (Wildman–Crippen LogP) is 1.49. The molecule has 1 atom stereocenters. The van der Waals surface area contributed by atoms with E-state index in [-0.39, 0.29) is 35.8 Å². The van der Waals surface area contributed by atoms with E-state index in [1.165, 1.54) is 6.26 Å². The molecule has 0 aromatic heterocycles. The van der Waals surface area contributed by atoms with Crippen molar-refractivity contribution in [2.45, 2.75) is 26.0 Å². The number of aliphatic imine (C=N–C) groups is 1. The summed E-state index contributed by atoms with van der Waals surface area (Å²) in [6.07, 6.45) is 2.20. The number of ether oxygens (including phenoxy) is 2. The second-order valence-corrected chi connectivity index (χ2v) is 8.46. The maximum Gasteiger partial charge on any atom is 0.191 e. The molecule has 0 saturated carbocycles. The number of sulfone groups is 1. The Balaban J connectivity index is 0.00000338. The van der Waals surface area contributed by atoms with Gasteiger partial charge in [-0.05, 0) is 18.6 Å². The van der Waals surface area contributed by atoms with Crippen molar-refractivity contribution < 1.29 is 17.9 Å². The van der Waals surface area contributed by atoms with Gasteiger partial charge in [0.15, 0.2) is 5.96 Å². The fourth-order valence-corrected chi connectivity index (χ4v) is 2.93. The normalized spacial score (nSPS) is 17.5. The largest absolute Gasteiger partial charge is 0.488 e. The Labute approximate surface area is 172 Å². The van der Waals surface area contributed by atoms with E-state index >= 15 is 0 Å². The number of nitrogens with one attached hydrogen (secondary N) is 2. The second kappa shape index (κ2) is 10.9. The summed E-state index contributed by atoms with van der Waals surface area (Å²) in [6, 6.07) is 6.08. The van der Waals surface area contributed by atoms with Crippen molar-refractivity contribution in [2.75, 3.05) is 38.8 Å². The molecule has 2 N–H and O–H groups in total. The van der Waals surface area contributed by atoms with Crippen LogP contribution in [0.15, 0.2) is 23.2 Å². The van der Waals surface area contributed by atoms with Gasteiger partial charge in [0.1, 0.15) is 21.7 Å². The summed E-state index contributed by atoms with van der Waals surface area (Å²) in [4.78, 5) is 4.11. The van der Waals surface area contributed by atoms with Crippen LogP contribution in [-0.2, 0) is 21.1 Å². The van der Waals surface area contributed by atoms with Crippen LogP contribution in [0.4, 0.5) is 0 Å². The molecule has 0 aliphatic carbocycles. The molecule has 1 fully saturated rings. The zero-order valence-corrected chi connectivity index (χ0v) is 18.6. The maximum atomic E-state index is 11.2. The van der Waals surface area contributed by atoms with Crippen molar-refractivity contribution in [3.8, 4) is 5.75 Å². The summed E-state index contributed by atoms with van der Waals surface area (Å²) in [5, 5.41) is 6.19. The number of guanidine groups is 1. The summed E-state index contributed by atoms with van der Waals surface area (Å²) in [7, 11) is -1.35. The van der Waals surface area contributed by atoms with Crippen LogP contribution in [0.2, 0.25) is 0 Å². The van der Waals surface area contributed by atoms with Crippen LogP contribution in [0, 0.1) is 6.92 Å². The zero-order chi connectivity index (χ0) is 18.3. The van der Waals surface area contributed by atoms with Gasteiger partial charge in [0.05, 0.1) is 19.0 Å². The molecule has 1 aromatic rings. The van der Waals surface area contributed by atoms with Gasteiger partial charge in [0, 0.05) is 38.4 Å². The van der Waals surface area contributed by atoms with Gasteiger partial charge in [-0.2, -0.15) is 0 Å². The first-order valence-electron chi connectivity index (χ1n) is 8.33. The summed E-state index contributed by atoms with van der Waals surface area (Å²) in [6.45, 7) is 4.23. The maximum absolute atomic E-state index is 11.2. The minimum atomic E-state index is -3.00. The number of hydrogen-bond acceptors (Lipinski definition) is 5. The molecule has 148 valence electrons. The zero-order valence-electron chi connectivity index (χ0n) is 15.4. The Morgan fingerprint density at radius 2 is 2.15 bits per heavy atom. The second-order valence-electron chi connectivity index (χ2n) is 6.20. The summed E-state index contributed by atoms with van der Waals surface area (Å²) in [5.41, 5.74) is 2.15. The third-order valence-corrected chi connectivity index (χ3v) is 4.79. The minimum absolute atomic E-state index is 0. The Hall–Kier alpha value is -1.07. The topological polar surface area (TPSA) is 89.0 Å². The Morgan fingerprint density at radius 3 is 2.77 bits per heavy atom. The lowest BCUT2D eigenvalue weighted by molar-refractivity contribution is 0.140. The van der Waals surface area contributed by atoms with Gasteiger partial charge in [-0.3, -0.25) is 4.99 Å². The third kappa shape index (κ3) is 8.09. The van der Waals surface area contributed by atoms with E-state index in [1.807, 2.05) is 25.1 Å². The Bertz CT molecular complexity index is 704. The lowest BCUT2D eigenvalue weighted by Gasteiger charge is -2.18. The molecule has 1 unspecified atom stereocenters. The van der Waals surface area contributed by atoms with Gasteiger partial charge in [0.25, 0.3) is 0 Å². The molecule has 1 aliphatic rings. The molecule has 1 heterocycles. The van der Waals surface area contributed by atoms with E-state index < -0.39 is 9.84 Å². The highest BCUT2D eigenvalue weighted by molar-refractivity contribution is 14.0. The minimum Gasteiger partial charge on any atom is -0.488 e. The third-order valence-electron chi connectivity index (χ3n) is 3.84. The lowest BCUT2D eigenvalue weighted by atomic mass is 10.1. The van der Waals surface area contributed by atoms with Crippen molar-refractivity contribution in [1.82, 2.24) is 10.6 Å². The van der Waals surface area contributed by atoms with Crippen LogP contribution in [0.25, 0.3) is 0 Å². The highest BCUT2D eigenvalue weighted by atomic mass is 127. The van der Waals surface area contributed by atoms with E-state index in [4.69, 9.17) is 9.47 Å². The van der Waals surface area contributed by atoms with Crippen LogP contribution in [0.1, 0.15) is 17.5 Å². The van der Waals surface area contributed by atoms with Crippen molar-refractivity contribution >= 4 is 39.8 Å². The monoisotopic (exact) mass is 497 g/mol. The van der Waals surface area contributed by atoms with Crippen molar-refractivity contribution in [3.05, 3.63) is 29.3 Å². The van der Waals surface area contributed by atoms with Gasteiger partial charge in [0.2, 0.25) is 0 Å². The van der Waals surface area contributed by atoms with Crippen molar-refractivity contribution in [2.24, 2.45) is 4.99 Å². The number of aryl methyl sites for hydroxylation is 1. The molecule has 1 saturated heterocycles. The summed E-state index contributed by atoms with van der Waals surface area (Å²) < 4.78 is 33.8. The molecule has 7 nitrogen and oxygen atoms in total. The van der Waals surface area contributed by atoms with E-state index in [2.05, 4.69) is 15.6 Å². The number of benzene rings is 1. The van der Waals surface area contributed by atoms with Gasteiger partial charge in [-0.1, -0.05) is 12.1 Å². The number of nitrogens with zero attached hydrogens (tertiary/aromatic N) is 1. The van der Waals surface area contributed by atoms with E-state index in [1.54, 1.807) is 7.05 Å². The smallest absolute Gasteiger partial charge is 0.191 e. The average Bonchev–Trinajstić information content (AvgIpc) is 3.04. The van der Waals surface area contributed by atoms with Crippen LogP contribution in [0.3, 0.4) is 0 Å². The molecule has 0 amide bonds. The first-order valence-corrected chi connectivity index (χ1v) is 10.4. The Kier molecular flexibility index (Phi) is 9.66. The molecule has 26 heavy (non-hydrogen) atoms. The lowest BCUT2D eigenvalue weighted by Crippen LogP contribution is -2.39. The van der Waals surface area contributed by atoms with Crippen LogP contribution in [0.5, 0.6) is 5.75 Å². The molecule has 1 aromatic carbocycles. The van der Waals surface area contributed by atoms with Crippen molar-refractivity contribution in [1.29, 1.82) is 0 Å². The van der Waals surface area contributed by atoms with E-state index in [0.717, 1.165) is 29.9 Å². The molecule has 0 bridgehead atoms. The molecular weight excluding hydrogens is 469 g/mol. The molecular formula is C17H28IN3O4S. The first kappa shape index (κ1) is 23.0. The number of rotatable bonds is 7. The average molecular weight is 497 g/mol. The Morgan fingerprint density at radius 1 is 1.38 bits per heavy atom. The molecule has 0 spiro atoms. The molecule has 0 radical (unpaired) electrons. The van der Waals surface area contributed by atoms with Gasteiger partial charge in [-0.25, -0.2) is 8.42 Å². The fourth-order valence-electron chi connectivity index (χ4n) is 2.46. The number of hydrogen-bond donors (Lipinski definition) is 2. The highest BCUT2D eigenvalue weighted by Crippen LogP contribution is 2.23. The van der Waals surface area contributed by atoms with Gasteiger partial charge in [-0.15, -0.1) is 24.0 Å². The molecule has 2 rings (SSSR count). The van der Waals surface area contributed by atoms with Crippen LogP contribution >= 0.6 is 24.0 Å². The van der Waals surface area contributed by atoms with Crippen molar-refractivity contribution in [3.63, 3.8) is 0 Å². The quantitative estimate of drug-likeness (QED) is 0.337. The summed E-state index contributed by atoms with van der Waals surface area (Å²) >= 11 is 0. The van der Waals surface area contributed by atoms with E-state index in [0.29, 0.717) is 25.7 Å². The number of halogens is 1. The SMILES string of the molecule is CN=C(NCCS(C)(=O)=O)NCc1ccc(C)cc1OC1CCOC1.I. The fraction of sp³-hybridized carbons (Fsp3) is 0.588. The highest BCUT2D eigenvalue weighted by Gasteiger charge is 2.18. The van der Waals surface area contributed by atoms with Crippen LogP contribution < -0.4 is 15.4 Å². The standard InChI is InChI=1S/C17H27N3O4S.HI/c1-13-4-5-14(16(10-13)24-15-6-8-23-12-15)11-20-17(18-2)19-7-9-25(3,21)22;/h4-5,10,15H,6-9,11-12H2,1-3H3,(H2,18,19,20);1H.